The Hall–Kier alpha value is -2.96. The van der Waals surface area contributed by atoms with E-state index in [1.54, 1.807) is 0 Å². The average molecular weight is 666 g/mol. The molecule has 1 rings (SSSR count). The van der Waals surface area contributed by atoms with Crippen molar-refractivity contribution >= 4 is 12.0 Å². The zero-order valence-electron chi connectivity index (χ0n) is 21.1. The molecule has 0 aromatic heterocycles. The van der Waals surface area contributed by atoms with Gasteiger partial charge in [-0.1, -0.05) is 25.5 Å². The number of rotatable bonds is 15. The van der Waals surface area contributed by atoms with Gasteiger partial charge in [0.2, 0.25) is 0 Å². The summed E-state index contributed by atoms with van der Waals surface area (Å²) in [6.45, 7) is 2.14. The lowest BCUT2D eigenvalue weighted by molar-refractivity contribution is -0.461. The predicted octanol–water partition coefficient (Wildman–Crippen LogP) is 9.17. The van der Waals surface area contributed by atoms with E-state index in [1.807, 2.05) is 6.92 Å². The summed E-state index contributed by atoms with van der Waals surface area (Å²) in [4.78, 5) is 11.5. The van der Waals surface area contributed by atoms with Gasteiger partial charge < -0.3 is 9.47 Å². The maximum atomic E-state index is 13.9. The molecule has 20 heteroatoms. The molecule has 1 aromatic rings. The Bertz CT molecular complexity index is 1110. The molecular weight excluding hydrogens is 647 g/mol. The second-order valence-corrected chi connectivity index (χ2v) is 8.73. The van der Waals surface area contributed by atoms with E-state index < -0.39 is 66.6 Å². The van der Waals surface area contributed by atoms with Gasteiger partial charge in [0.1, 0.15) is 5.75 Å². The molecule has 0 aliphatic heterocycles. The standard InChI is InChI=1S/C23H19F17O3/c1-2-3-12-42-14-7-4-13(5-8-14)6-9-15(41)43-23(39,40)22(37,38)21(35,36)20(33,34)19(31,32)18(29,30)16(24,25)10-11-17(26,27)28/h4-9H,2-3,10-12H2,1H3. The van der Waals surface area contributed by atoms with E-state index in [9.17, 15) is 79.4 Å². The van der Waals surface area contributed by atoms with Gasteiger partial charge in [-0.25, -0.2) is 4.79 Å². The quantitative estimate of drug-likeness (QED) is 0.0811. The Labute approximate surface area is 230 Å². The smallest absolute Gasteiger partial charge is 0.473 e. The summed E-state index contributed by atoms with van der Waals surface area (Å²) in [5, 5.41) is 0. The fraction of sp³-hybridized carbons (Fsp3) is 0.609. The lowest BCUT2D eigenvalue weighted by Gasteiger charge is -2.42. The Kier molecular flexibility index (Phi) is 11.1. The molecule has 0 amide bonds. The molecule has 0 atom stereocenters. The summed E-state index contributed by atoms with van der Waals surface area (Å²) in [5.41, 5.74) is -0.0833. The van der Waals surface area contributed by atoms with E-state index in [0.717, 1.165) is 18.6 Å². The van der Waals surface area contributed by atoms with Crippen LogP contribution in [0.1, 0.15) is 38.2 Å². The molecule has 0 aliphatic carbocycles. The minimum atomic E-state index is -8.53. The van der Waals surface area contributed by atoms with Crippen LogP contribution in [0.4, 0.5) is 74.6 Å². The lowest BCUT2D eigenvalue weighted by atomic mass is 9.89. The van der Waals surface area contributed by atoms with Gasteiger partial charge in [0.05, 0.1) is 6.61 Å². The third-order valence-electron chi connectivity index (χ3n) is 5.41. The van der Waals surface area contributed by atoms with Gasteiger partial charge in [-0.15, -0.1) is 0 Å². The Morgan fingerprint density at radius 1 is 0.674 bits per heavy atom. The van der Waals surface area contributed by atoms with Crippen molar-refractivity contribution in [3.63, 3.8) is 0 Å². The van der Waals surface area contributed by atoms with Crippen molar-refractivity contribution in [3.05, 3.63) is 35.9 Å². The molecular formula is C23H19F17O3. The van der Waals surface area contributed by atoms with Gasteiger partial charge in [-0.05, 0) is 30.2 Å². The van der Waals surface area contributed by atoms with Crippen molar-refractivity contribution in [2.24, 2.45) is 0 Å². The number of carbonyl (C=O) groups excluding carboxylic acids is 1. The number of esters is 1. The van der Waals surface area contributed by atoms with Gasteiger partial charge in [0, 0.05) is 18.9 Å². The lowest BCUT2D eigenvalue weighted by Crippen LogP contribution is -2.73. The Balaban J connectivity index is 3.24. The first-order valence-corrected chi connectivity index (χ1v) is 11.5. The fourth-order valence-corrected chi connectivity index (χ4v) is 2.86. The number of hydrogen-bond donors (Lipinski definition) is 0. The van der Waals surface area contributed by atoms with Crippen LogP contribution in [0, 0.1) is 0 Å². The summed E-state index contributed by atoms with van der Waals surface area (Å²) in [5.74, 6) is -50.6. The maximum Gasteiger partial charge on any atom is 0.473 e. The maximum absolute atomic E-state index is 13.9. The second kappa shape index (κ2) is 12.6. The van der Waals surface area contributed by atoms with Crippen molar-refractivity contribution in [2.45, 2.75) is 80.4 Å². The number of halogens is 17. The van der Waals surface area contributed by atoms with Gasteiger partial charge in [-0.3, -0.25) is 0 Å². The molecule has 0 N–H and O–H groups in total. The van der Waals surface area contributed by atoms with E-state index in [1.165, 1.54) is 12.1 Å². The Morgan fingerprint density at radius 2 is 1.14 bits per heavy atom. The number of benzene rings is 1. The summed E-state index contributed by atoms with van der Waals surface area (Å²) >= 11 is 0. The normalized spacial score (nSPS) is 14.7. The molecule has 43 heavy (non-hydrogen) atoms. The molecule has 0 unspecified atom stereocenters. The monoisotopic (exact) mass is 666 g/mol. The van der Waals surface area contributed by atoms with Crippen LogP contribution >= 0.6 is 0 Å². The summed E-state index contributed by atoms with van der Waals surface area (Å²) in [6.07, 6.45) is -17.7. The van der Waals surface area contributed by atoms with Gasteiger partial charge in [0.25, 0.3) is 0 Å². The summed E-state index contributed by atoms with van der Waals surface area (Å²) in [7, 11) is 0. The summed E-state index contributed by atoms with van der Waals surface area (Å²) in [6, 6.07) is 4.79. The highest BCUT2D eigenvalue weighted by atomic mass is 19.4. The highest BCUT2D eigenvalue weighted by Crippen LogP contribution is 2.62. The topological polar surface area (TPSA) is 35.5 Å². The first-order chi connectivity index (χ1) is 19.1. The van der Waals surface area contributed by atoms with Crippen LogP contribution in [0.25, 0.3) is 6.08 Å². The summed E-state index contributed by atoms with van der Waals surface area (Å²) < 4.78 is 236. The molecule has 0 spiro atoms. The van der Waals surface area contributed by atoms with E-state index in [0.29, 0.717) is 12.5 Å². The van der Waals surface area contributed by atoms with Crippen molar-refractivity contribution in [3.8, 4) is 5.75 Å². The van der Waals surface area contributed by atoms with Crippen LogP contribution in [0.2, 0.25) is 0 Å². The number of alkyl halides is 17. The molecule has 0 saturated carbocycles. The minimum Gasteiger partial charge on any atom is -0.494 e. The van der Waals surface area contributed by atoms with Gasteiger partial charge in [-0.2, -0.15) is 74.6 Å². The largest absolute Gasteiger partial charge is 0.494 e. The molecule has 0 aliphatic rings. The average Bonchev–Trinajstić information content (AvgIpc) is 2.86. The molecule has 248 valence electrons. The number of carbonyl (C=O) groups is 1. The van der Waals surface area contributed by atoms with E-state index >= 15 is 0 Å². The van der Waals surface area contributed by atoms with Crippen molar-refractivity contribution in [2.75, 3.05) is 6.61 Å². The number of ether oxygens (including phenoxy) is 2. The van der Waals surface area contributed by atoms with Crippen molar-refractivity contribution in [1.29, 1.82) is 0 Å². The van der Waals surface area contributed by atoms with Crippen LogP contribution in [0.15, 0.2) is 30.3 Å². The fourth-order valence-electron chi connectivity index (χ4n) is 2.86. The molecule has 0 radical (unpaired) electrons. The zero-order valence-corrected chi connectivity index (χ0v) is 21.1. The van der Waals surface area contributed by atoms with Crippen LogP contribution in [0.5, 0.6) is 5.75 Å². The van der Waals surface area contributed by atoms with E-state index in [2.05, 4.69) is 4.74 Å². The highest BCUT2D eigenvalue weighted by molar-refractivity contribution is 5.87. The van der Waals surface area contributed by atoms with Crippen LogP contribution < -0.4 is 4.74 Å². The van der Waals surface area contributed by atoms with Gasteiger partial charge in [0.15, 0.2) is 0 Å². The van der Waals surface area contributed by atoms with Gasteiger partial charge >= 0.3 is 53.8 Å². The third kappa shape index (κ3) is 7.77. The molecule has 1 aromatic carbocycles. The highest BCUT2D eigenvalue weighted by Gasteiger charge is 2.93. The molecule has 3 nitrogen and oxygen atoms in total. The SMILES string of the molecule is CCCCOc1ccc(C=CC(=O)OC(F)(F)C(F)(F)C(F)(F)C(F)(F)C(F)(F)C(F)(F)C(F)(F)CCC(F)(F)F)cc1. The van der Waals surface area contributed by atoms with Crippen molar-refractivity contribution < 1.29 is 88.9 Å². The first kappa shape index (κ1) is 38.1. The van der Waals surface area contributed by atoms with E-state index in [-0.39, 0.29) is 24.0 Å². The minimum absolute atomic E-state index is 0.0833. The third-order valence-corrected chi connectivity index (χ3v) is 5.41. The van der Waals surface area contributed by atoms with Crippen molar-refractivity contribution in [1.82, 2.24) is 0 Å². The first-order valence-electron chi connectivity index (χ1n) is 11.5. The van der Waals surface area contributed by atoms with Crippen LogP contribution in [0.3, 0.4) is 0 Å². The molecule has 0 heterocycles. The molecule has 0 fully saturated rings. The zero-order chi connectivity index (χ0) is 33.9. The molecule has 0 bridgehead atoms. The van der Waals surface area contributed by atoms with Crippen LogP contribution in [-0.2, 0) is 9.53 Å². The van der Waals surface area contributed by atoms with Crippen LogP contribution in [-0.4, -0.2) is 60.4 Å². The van der Waals surface area contributed by atoms with E-state index in [4.69, 9.17) is 4.74 Å². The predicted molar refractivity (Wildman–Crippen MR) is 112 cm³/mol. The second-order valence-electron chi connectivity index (χ2n) is 8.73. The number of hydrogen-bond acceptors (Lipinski definition) is 3. The Morgan fingerprint density at radius 3 is 1.60 bits per heavy atom. The number of unbranched alkanes of at least 4 members (excludes halogenated alkanes) is 1. The molecule has 0 saturated heterocycles.